The first kappa shape index (κ1) is 16.0. The Morgan fingerprint density at radius 1 is 0.958 bits per heavy atom. The number of carbonyl (C=O) groups excluding carboxylic acids is 2. The summed E-state index contributed by atoms with van der Waals surface area (Å²) in [4.78, 5) is 25.3. The van der Waals surface area contributed by atoms with Crippen molar-refractivity contribution in [1.82, 2.24) is 4.40 Å². The lowest BCUT2D eigenvalue weighted by atomic mass is 10.1. The third kappa shape index (κ3) is 3.08. The lowest BCUT2D eigenvalue weighted by Crippen LogP contribution is -2.23. The summed E-state index contributed by atoms with van der Waals surface area (Å²) in [5, 5.41) is 0. The Morgan fingerprint density at radius 2 is 1.62 bits per heavy atom. The Kier molecular flexibility index (Phi) is 3.97. The van der Waals surface area contributed by atoms with Gasteiger partial charge in [-0.3, -0.25) is 4.79 Å². The Balaban J connectivity index is 2.11. The smallest absolute Gasteiger partial charge is 0.340 e. The second kappa shape index (κ2) is 5.96. The zero-order chi connectivity index (χ0) is 17.3. The first-order valence-corrected chi connectivity index (χ1v) is 7.80. The van der Waals surface area contributed by atoms with Crippen molar-refractivity contribution in [3.8, 4) is 0 Å². The van der Waals surface area contributed by atoms with Crippen molar-refractivity contribution < 1.29 is 14.3 Å². The minimum absolute atomic E-state index is 0.133. The molecule has 0 aliphatic heterocycles. The van der Waals surface area contributed by atoms with Gasteiger partial charge in [0, 0.05) is 11.8 Å². The monoisotopic (exact) mass is 321 g/mol. The van der Waals surface area contributed by atoms with Crippen LogP contribution in [0, 0.1) is 0 Å². The molecule has 0 aliphatic carbocycles. The highest BCUT2D eigenvalue weighted by molar-refractivity contribution is 6.11. The molecule has 0 saturated carbocycles. The number of esters is 1. The van der Waals surface area contributed by atoms with E-state index in [0.717, 1.165) is 0 Å². The number of rotatable bonds is 3. The molecule has 4 nitrogen and oxygen atoms in total. The molecule has 0 N–H and O–H groups in total. The van der Waals surface area contributed by atoms with Crippen LogP contribution in [0.15, 0.2) is 60.8 Å². The Bertz CT molecular complexity index is 902. The molecule has 0 fully saturated rings. The molecule has 0 unspecified atom stereocenters. The van der Waals surface area contributed by atoms with Gasteiger partial charge in [0.05, 0.1) is 16.8 Å². The molecule has 0 atom stereocenters. The van der Waals surface area contributed by atoms with Crippen molar-refractivity contribution in [2.45, 2.75) is 26.4 Å². The van der Waals surface area contributed by atoms with Gasteiger partial charge in [0.1, 0.15) is 5.60 Å². The highest BCUT2D eigenvalue weighted by Crippen LogP contribution is 2.22. The molecule has 3 rings (SSSR count). The summed E-state index contributed by atoms with van der Waals surface area (Å²) in [7, 11) is 0. The molecule has 0 aliphatic rings. The van der Waals surface area contributed by atoms with Crippen molar-refractivity contribution in [2.24, 2.45) is 0 Å². The molecule has 3 aromatic rings. The van der Waals surface area contributed by atoms with Crippen LogP contribution >= 0.6 is 0 Å². The average Bonchev–Trinajstić information content (AvgIpc) is 2.93. The van der Waals surface area contributed by atoms with Crippen LogP contribution in [0.25, 0.3) is 5.52 Å². The summed E-state index contributed by atoms with van der Waals surface area (Å²) in [5.74, 6) is -0.565. The molecular formula is C20H19NO3. The van der Waals surface area contributed by atoms with Crippen LogP contribution in [-0.4, -0.2) is 21.8 Å². The first-order valence-electron chi connectivity index (χ1n) is 7.80. The molecule has 1 aromatic carbocycles. The summed E-state index contributed by atoms with van der Waals surface area (Å²) in [6, 6.07) is 16.1. The van der Waals surface area contributed by atoms with Gasteiger partial charge < -0.3 is 9.14 Å². The number of carbonyl (C=O) groups is 2. The third-order valence-electron chi connectivity index (χ3n) is 3.56. The van der Waals surface area contributed by atoms with Gasteiger partial charge in [-0.2, -0.15) is 0 Å². The average molecular weight is 321 g/mol. The second-order valence-corrected chi connectivity index (χ2v) is 6.60. The summed E-state index contributed by atoms with van der Waals surface area (Å²) in [5.41, 5.74) is 1.48. The van der Waals surface area contributed by atoms with Crippen molar-refractivity contribution in [2.75, 3.05) is 0 Å². The highest BCUT2D eigenvalue weighted by atomic mass is 16.6. The van der Waals surface area contributed by atoms with E-state index in [9.17, 15) is 9.59 Å². The molecule has 0 amide bonds. The van der Waals surface area contributed by atoms with E-state index >= 15 is 0 Å². The molecule has 2 aromatic heterocycles. The number of benzene rings is 1. The molecule has 24 heavy (non-hydrogen) atoms. The van der Waals surface area contributed by atoms with Gasteiger partial charge in [-0.15, -0.1) is 0 Å². The van der Waals surface area contributed by atoms with Crippen LogP contribution in [0.2, 0.25) is 0 Å². The minimum Gasteiger partial charge on any atom is -0.456 e. The van der Waals surface area contributed by atoms with Crippen LogP contribution in [0.5, 0.6) is 0 Å². The normalized spacial score (nSPS) is 11.5. The number of pyridine rings is 1. The number of hydrogen-bond acceptors (Lipinski definition) is 3. The van der Waals surface area contributed by atoms with Gasteiger partial charge >= 0.3 is 5.97 Å². The quantitative estimate of drug-likeness (QED) is 0.538. The van der Waals surface area contributed by atoms with Gasteiger partial charge in [-0.05, 0) is 39.0 Å². The van der Waals surface area contributed by atoms with E-state index in [4.69, 9.17) is 4.74 Å². The molecule has 2 heterocycles. The Hall–Kier alpha value is -2.88. The maximum absolute atomic E-state index is 12.8. The van der Waals surface area contributed by atoms with Gasteiger partial charge in [-0.25, -0.2) is 4.79 Å². The summed E-state index contributed by atoms with van der Waals surface area (Å²) in [6.07, 6.45) is 1.78. The standard InChI is InChI=1S/C20H19NO3/c1-20(2,3)24-19(23)15-13-17(21-12-8-7-11-16(15)21)18(22)14-9-5-4-6-10-14/h4-13H,1-3H3. The number of ether oxygens (including phenoxy) is 1. The van der Waals surface area contributed by atoms with E-state index in [2.05, 4.69) is 0 Å². The lowest BCUT2D eigenvalue weighted by molar-refractivity contribution is 0.00719. The fraction of sp³-hybridized carbons (Fsp3) is 0.200. The van der Waals surface area contributed by atoms with Crippen LogP contribution < -0.4 is 0 Å². The number of fused-ring (bicyclic) bond motifs is 1. The molecule has 0 spiro atoms. The van der Waals surface area contributed by atoms with Gasteiger partial charge in [-0.1, -0.05) is 36.4 Å². The van der Waals surface area contributed by atoms with Gasteiger partial charge in [0.2, 0.25) is 5.78 Å². The maximum atomic E-state index is 12.8. The first-order chi connectivity index (χ1) is 11.4. The van der Waals surface area contributed by atoms with Crippen molar-refractivity contribution >= 4 is 17.3 Å². The Morgan fingerprint density at radius 3 is 2.29 bits per heavy atom. The van der Waals surface area contributed by atoms with E-state index in [1.54, 1.807) is 34.9 Å². The van der Waals surface area contributed by atoms with Crippen molar-refractivity contribution in [3.05, 3.63) is 77.6 Å². The molecule has 0 bridgehead atoms. The van der Waals surface area contributed by atoms with Crippen LogP contribution in [0.4, 0.5) is 0 Å². The largest absolute Gasteiger partial charge is 0.456 e. The number of nitrogens with zero attached hydrogens (tertiary/aromatic N) is 1. The van der Waals surface area contributed by atoms with E-state index in [-0.39, 0.29) is 5.78 Å². The predicted molar refractivity (Wildman–Crippen MR) is 92.4 cm³/mol. The topological polar surface area (TPSA) is 47.8 Å². The second-order valence-electron chi connectivity index (χ2n) is 6.60. The van der Waals surface area contributed by atoms with E-state index in [1.165, 1.54) is 0 Å². The highest BCUT2D eigenvalue weighted by Gasteiger charge is 2.24. The van der Waals surface area contributed by atoms with E-state index < -0.39 is 11.6 Å². The number of ketones is 1. The third-order valence-corrected chi connectivity index (χ3v) is 3.56. The van der Waals surface area contributed by atoms with Crippen LogP contribution in [0.1, 0.15) is 47.2 Å². The van der Waals surface area contributed by atoms with E-state index in [0.29, 0.717) is 22.3 Å². The maximum Gasteiger partial charge on any atom is 0.340 e. The Labute approximate surface area is 140 Å². The zero-order valence-corrected chi connectivity index (χ0v) is 13.9. The minimum atomic E-state index is -0.594. The fourth-order valence-corrected chi connectivity index (χ4v) is 2.56. The molecule has 0 radical (unpaired) electrons. The molecule has 122 valence electrons. The van der Waals surface area contributed by atoms with Crippen LogP contribution in [-0.2, 0) is 4.74 Å². The molecular weight excluding hydrogens is 302 g/mol. The van der Waals surface area contributed by atoms with Crippen LogP contribution in [0.3, 0.4) is 0 Å². The van der Waals surface area contributed by atoms with E-state index in [1.807, 2.05) is 51.1 Å². The number of hydrogen-bond donors (Lipinski definition) is 0. The summed E-state index contributed by atoms with van der Waals surface area (Å²) >= 11 is 0. The SMILES string of the molecule is CC(C)(C)OC(=O)c1cc(C(=O)c2ccccc2)n2ccccc12. The number of aromatic nitrogens is 1. The van der Waals surface area contributed by atoms with Crippen molar-refractivity contribution in [1.29, 1.82) is 0 Å². The fourth-order valence-electron chi connectivity index (χ4n) is 2.56. The van der Waals surface area contributed by atoms with Crippen molar-refractivity contribution in [3.63, 3.8) is 0 Å². The summed E-state index contributed by atoms with van der Waals surface area (Å²) in [6.45, 7) is 5.46. The lowest BCUT2D eigenvalue weighted by Gasteiger charge is -2.19. The van der Waals surface area contributed by atoms with Gasteiger partial charge in [0.15, 0.2) is 0 Å². The molecule has 0 saturated heterocycles. The summed E-state index contributed by atoms with van der Waals surface area (Å²) < 4.78 is 7.20. The van der Waals surface area contributed by atoms with Gasteiger partial charge in [0.25, 0.3) is 0 Å². The zero-order valence-electron chi connectivity index (χ0n) is 13.9. The predicted octanol–water partition coefficient (Wildman–Crippen LogP) is 4.13. The molecule has 4 heteroatoms.